The molecule has 2 heteroatoms. The van der Waals surface area contributed by atoms with Crippen LogP contribution in [-0.2, 0) is 6.42 Å². The van der Waals surface area contributed by atoms with Crippen molar-refractivity contribution in [2.45, 2.75) is 19.8 Å². The van der Waals surface area contributed by atoms with Crippen LogP contribution in [0.1, 0.15) is 29.3 Å². The number of amides is 1. The first kappa shape index (κ1) is 10.8. The van der Waals surface area contributed by atoms with E-state index in [0.29, 0.717) is 0 Å². The molecule has 0 N–H and O–H groups in total. The summed E-state index contributed by atoms with van der Waals surface area (Å²) in [5.74, 6) is 0.0722. The molecule has 0 saturated heterocycles. The lowest BCUT2D eigenvalue weighted by atomic mass is 10.1. The van der Waals surface area contributed by atoms with E-state index in [1.54, 1.807) is 19.0 Å². The quantitative estimate of drug-likeness (QED) is 0.718. The fraction of sp³-hybridized carbons (Fsp3) is 0.417. The molecule has 1 aromatic carbocycles. The van der Waals surface area contributed by atoms with Gasteiger partial charge in [0.2, 0.25) is 0 Å². The van der Waals surface area contributed by atoms with Crippen LogP contribution in [0.4, 0.5) is 0 Å². The Hall–Kier alpha value is -1.31. The minimum absolute atomic E-state index is 0.0722. The smallest absolute Gasteiger partial charge is 0.253 e. The number of benzene rings is 1. The fourth-order valence-electron chi connectivity index (χ4n) is 1.41. The van der Waals surface area contributed by atoms with Gasteiger partial charge in [0.05, 0.1) is 0 Å². The number of aryl methyl sites for hydroxylation is 1. The van der Waals surface area contributed by atoms with E-state index in [1.165, 1.54) is 5.56 Å². The molecule has 1 rings (SSSR count). The van der Waals surface area contributed by atoms with Crippen molar-refractivity contribution in [3.05, 3.63) is 35.4 Å². The number of carbonyl (C=O) groups is 1. The van der Waals surface area contributed by atoms with Crippen molar-refractivity contribution < 1.29 is 4.79 Å². The Morgan fingerprint density at radius 3 is 2.64 bits per heavy atom. The lowest BCUT2D eigenvalue weighted by molar-refractivity contribution is 0.0827. The van der Waals surface area contributed by atoms with Crippen molar-refractivity contribution >= 4 is 5.91 Å². The Kier molecular flexibility index (Phi) is 3.69. The third kappa shape index (κ3) is 2.59. The molecular weight excluding hydrogens is 174 g/mol. The van der Waals surface area contributed by atoms with E-state index < -0.39 is 0 Å². The van der Waals surface area contributed by atoms with E-state index in [-0.39, 0.29) is 5.91 Å². The van der Waals surface area contributed by atoms with Gasteiger partial charge in [-0.3, -0.25) is 4.79 Å². The van der Waals surface area contributed by atoms with Gasteiger partial charge in [0.15, 0.2) is 0 Å². The average Bonchev–Trinajstić information content (AvgIpc) is 2.17. The van der Waals surface area contributed by atoms with Gasteiger partial charge in [-0.1, -0.05) is 25.5 Å². The lowest BCUT2D eigenvalue weighted by Crippen LogP contribution is -2.21. The maximum Gasteiger partial charge on any atom is 0.253 e. The van der Waals surface area contributed by atoms with Crippen LogP contribution in [-0.4, -0.2) is 24.9 Å². The predicted octanol–water partition coefficient (Wildman–Crippen LogP) is 2.34. The minimum Gasteiger partial charge on any atom is -0.345 e. The van der Waals surface area contributed by atoms with Crippen LogP contribution in [0.3, 0.4) is 0 Å². The van der Waals surface area contributed by atoms with Crippen LogP contribution in [0, 0.1) is 0 Å². The van der Waals surface area contributed by atoms with Crippen molar-refractivity contribution in [3.8, 4) is 0 Å². The normalized spacial score (nSPS) is 9.93. The highest BCUT2D eigenvalue weighted by Gasteiger charge is 2.07. The molecule has 0 aliphatic rings. The van der Waals surface area contributed by atoms with Crippen molar-refractivity contribution in [2.24, 2.45) is 0 Å². The lowest BCUT2D eigenvalue weighted by Gasteiger charge is -2.10. The molecule has 0 bridgehead atoms. The second-order valence-electron chi connectivity index (χ2n) is 3.65. The molecule has 14 heavy (non-hydrogen) atoms. The summed E-state index contributed by atoms with van der Waals surface area (Å²) < 4.78 is 0. The number of nitrogens with zero attached hydrogens (tertiary/aromatic N) is 1. The second kappa shape index (κ2) is 4.80. The van der Waals surface area contributed by atoms with E-state index in [9.17, 15) is 4.79 Å². The van der Waals surface area contributed by atoms with Gasteiger partial charge in [-0.2, -0.15) is 0 Å². The SMILES string of the molecule is CCCc1cccc(C(=O)N(C)C)c1. The molecule has 2 nitrogen and oxygen atoms in total. The highest BCUT2D eigenvalue weighted by atomic mass is 16.2. The number of hydrogen-bond acceptors (Lipinski definition) is 1. The topological polar surface area (TPSA) is 20.3 Å². The van der Waals surface area contributed by atoms with Crippen molar-refractivity contribution in [3.63, 3.8) is 0 Å². The Labute approximate surface area is 85.5 Å². The van der Waals surface area contributed by atoms with Gasteiger partial charge >= 0.3 is 0 Å². The molecule has 0 aromatic heterocycles. The van der Waals surface area contributed by atoms with Gasteiger partial charge in [-0.05, 0) is 24.1 Å². The zero-order chi connectivity index (χ0) is 10.6. The van der Waals surface area contributed by atoms with Gasteiger partial charge in [0.1, 0.15) is 0 Å². The molecule has 0 fully saturated rings. The number of hydrogen-bond donors (Lipinski definition) is 0. The van der Waals surface area contributed by atoms with Gasteiger partial charge < -0.3 is 4.90 Å². The second-order valence-corrected chi connectivity index (χ2v) is 3.65. The molecule has 76 valence electrons. The summed E-state index contributed by atoms with van der Waals surface area (Å²) in [6, 6.07) is 7.85. The molecule has 0 spiro atoms. The summed E-state index contributed by atoms with van der Waals surface area (Å²) in [7, 11) is 3.55. The van der Waals surface area contributed by atoms with E-state index >= 15 is 0 Å². The van der Waals surface area contributed by atoms with Crippen LogP contribution in [0.2, 0.25) is 0 Å². The van der Waals surface area contributed by atoms with Crippen molar-refractivity contribution in [2.75, 3.05) is 14.1 Å². The summed E-state index contributed by atoms with van der Waals surface area (Å²) in [4.78, 5) is 13.2. The maximum atomic E-state index is 11.6. The van der Waals surface area contributed by atoms with Gasteiger partial charge in [0.25, 0.3) is 5.91 Å². The van der Waals surface area contributed by atoms with E-state index in [2.05, 4.69) is 13.0 Å². The predicted molar refractivity (Wildman–Crippen MR) is 58.5 cm³/mol. The zero-order valence-electron chi connectivity index (χ0n) is 9.08. The van der Waals surface area contributed by atoms with Crippen LogP contribution >= 0.6 is 0 Å². The molecule has 0 saturated carbocycles. The standard InChI is InChI=1S/C12H17NO/c1-4-6-10-7-5-8-11(9-10)12(14)13(2)3/h5,7-9H,4,6H2,1-3H3. The summed E-state index contributed by atoms with van der Waals surface area (Å²) in [6.45, 7) is 2.14. The Morgan fingerprint density at radius 2 is 2.07 bits per heavy atom. The van der Waals surface area contributed by atoms with Crippen molar-refractivity contribution in [1.29, 1.82) is 0 Å². The minimum atomic E-state index is 0.0722. The van der Waals surface area contributed by atoms with E-state index in [4.69, 9.17) is 0 Å². The summed E-state index contributed by atoms with van der Waals surface area (Å²) in [6.07, 6.45) is 2.15. The molecule has 0 aliphatic heterocycles. The molecule has 1 aromatic rings. The molecule has 0 aliphatic carbocycles. The molecule has 0 radical (unpaired) electrons. The third-order valence-corrected chi connectivity index (χ3v) is 2.12. The average molecular weight is 191 g/mol. The first-order valence-electron chi connectivity index (χ1n) is 4.95. The summed E-state index contributed by atoms with van der Waals surface area (Å²) >= 11 is 0. The Morgan fingerprint density at radius 1 is 1.36 bits per heavy atom. The molecule has 0 heterocycles. The molecule has 0 unspecified atom stereocenters. The maximum absolute atomic E-state index is 11.6. The Bertz CT molecular complexity index is 318. The fourth-order valence-corrected chi connectivity index (χ4v) is 1.41. The van der Waals surface area contributed by atoms with Crippen LogP contribution in [0.5, 0.6) is 0 Å². The van der Waals surface area contributed by atoms with Crippen molar-refractivity contribution in [1.82, 2.24) is 4.90 Å². The van der Waals surface area contributed by atoms with E-state index in [0.717, 1.165) is 18.4 Å². The molecule has 1 amide bonds. The first-order valence-corrected chi connectivity index (χ1v) is 4.95. The van der Waals surface area contributed by atoms with Crippen LogP contribution in [0.25, 0.3) is 0 Å². The van der Waals surface area contributed by atoms with E-state index in [1.807, 2.05) is 18.2 Å². The largest absolute Gasteiger partial charge is 0.345 e. The summed E-state index contributed by atoms with van der Waals surface area (Å²) in [5.41, 5.74) is 2.01. The van der Waals surface area contributed by atoms with Crippen LogP contribution < -0.4 is 0 Å². The van der Waals surface area contributed by atoms with Gasteiger partial charge in [0, 0.05) is 19.7 Å². The number of carbonyl (C=O) groups excluding carboxylic acids is 1. The van der Waals surface area contributed by atoms with Gasteiger partial charge in [-0.25, -0.2) is 0 Å². The summed E-state index contributed by atoms with van der Waals surface area (Å²) in [5, 5.41) is 0. The third-order valence-electron chi connectivity index (χ3n) is 2.12. The highest BCUT2D eigenvalue weighted by molar-refractivity contribution is 5.94. The monoisotopic (exact) mass is 191 g/mol. The Balaban J connectivity index is 2.88. The molecule has 0 atom stereocenters. The number of rotatable bonds is 3. The molecular formula is C12H17NO. The highest BCUT2D eigenvalue weighted by Crippen LogP contribution is 2.08. The zero-order valence-corrected chi connectivity index (χ0v) is 9.08. The first-order chi connectivity index (χ1) is 6.65. The van der Waals surface area contributed by atoms with Crippen LogP contribution in [0.15, 0.2) is 24.3 Å². The van der Waals surface area contributed by atoms with Gasteiger partial charge in [-0.15, -0.1) is 0 Å².